The summed E-state index contributed by atoms with van der Waals surface area (Å²) < 4.78 is 0. The van der Waals surface area contributed by atoms with Crippen LogP contribution in [0.1, 0.15) is 50.4 Å². The van der Waals surface area contributed by atoms with Gasteiger partial charge in [-0.2, -0.15) is 5.10 Å². The number of hydrogen-bond acceptors (Lipinski definition) is 3. The van der Waals surface area contributed by atoms with E-state index < -0.39 is 0 Å². The number of hydrogen-bond donors (Lipinski definition) is 1. The highest BCUT2D eigenvalue weighted by molar-refractivity contribution is 5.95. The van der Waals surface area contributed by atoms with Crippen LogP contribution in [0.2, 0.25) is 0 Å². The van der Waals surface area contributed by atoms with Gasteiger partial charge in [-0.3, -0.25) is 9.78 Å². The van der Waals surface area contributed by atoms with Crippen LogP contribution in [0.4, 0.5) is 0 Å². The first-order valence-electron chi connectivity index (χ1n) is 6.72. The van der Waals surface area contributed by atoms with Crippen LogP contribution >= 0.6 is 0 Å². The summed E-state index contributed by atoms with van der Waals surface area (Å²) in [4.78, 5) is 15.8. The van der Waals surface area contributed by atoms with Crippen molar-refractivity contribution in [3.8, 4) is 0 Å². The Hall–Kier alpha value is -1.71. The van der Waals surface area contributed by atoms with Crippen molar-refractivity contribution in [2.75, 3.05) is 0 Å². The van der Waals surface area contributed by atoms with Crippen molar-refractivity contribution in [2.24, 2.45) is 16.4 Å². The van der Waals surface area contributed by atoms with Crippen LogP contribution in [0, 0.1) is 11.3 Å². The van der Waals surface area contributed by atoms with E-state index in [1.165, 1.54) is 6.42 Å². The second-order valence-electron chi connectivity index (χ2n) is 6.21. The first kappa shape index (κ1) is 13.7. The Labute approximate surface area is 114 Å². The minimum Gasteiger partial charge on any atom is -0.267 e. The number of aromatic nitrogens is 1. The molecule has 0 unspecified atom stereocenters. The molecule has 19 heavy (non-hydrogen) atoms. The summed E-state index contributed by atoms with van der Waals surface area (Å²) in [6, 6.07) is 3.37. The number of pyridine rings is 1. The van der Waals surface area contributed by atoms with E-state index in [0.29, 0.717) is 11.5 Å². The molecule has 4 nitrogen and oxygen atoms in total. The fraction of sp³-hybridized carbons (Fsp3) is 0.533. The SMILES string of the molecule is C[C@H]1C/C(=N/NC(=O)c2ccncc2)CC(C)(C)C1. The lowest BCUT2D eigenvalue weighted by Gasteiger charge is -2.34. The van der Waals surface area contributed by atoms with Crippen LogP contribution in [-0.2, 0) is 0 Å². The Morgan fingerprint density at radius 3 is 2.74 bits per heavy atom. The van der Waals surface area contributed by atoms with Gasteiger partial charge in [0.2, 0.25) is 0 Å². The van der Waals surface area contributed by atoms with Gasteiger partial charge in [0.05, 0.1) is 0 Å². The lowest BCUT2D eigenvalue weighted by Crippen LogP contribution is -2.30. The van der Waals surface area contributed by atoms with Crippen molar-refractivity contribution < 1.29 is 4.79 Å². The van der Waals surface area contributed by atoms with Gasteiger partial charge in [0, 0.05) is 23.7 Å². The average molecular weight is 259 g/mol. The molecule has 1 saturated carbocycles. The lowest BCUT2D eigenvalue weighted by molar-refractivity contribution is 0.0954. The van der Waals surface area contributed by atoms with Crippen LogP contribution in [0.3, 0.4) is 0 Å². The number of amides is 1. The molecule has 1 amide bonds. The summed E-state index contributed by atoms with van der Waals surface area (Å²) in [5.74, 6) is 0.450. The van der Waals surface area contributed by atoms with Crippen molar-refractivity contribution in [3.63, 3.8) is 0 Å². The van der Waals surface area contributed by atoms with Gasteiger partial charge in [-0.15, -0.1) is 0 Å². The third-order valence-corrected chi connectivity index (χ3v) is 3.43. The zero-order valence-corrected chi connectivity index (χ0v) is 11.8. The Balaban J connectivity index is 2.01. The molecule has 0 aliphatic heterocycles. The normalized spacial score (nSPS) is 24.2. The quantitative estimate of drug-likeness (QED) is 0.830. The molecule has 1 heterocycles. The van der Waals surface area contributed by atoms with Gasteiger partial charge in [-0.05, 0) is 42.7 Å². The number of hydrazone groups is 1. The van der Waals surface area contributed by atoms with Gasteiger partial charge in [-0.1, -0.05) is 20.8 Å². The fourth-order valence-electron chi connectivity index (χ4n) is 2.90. The van der Waals surface area contributed by atoms with Gasteiger partial charge >= 0.3 is 0 Å². The van der Waals surface area contributed by atoms with E-state index >= 15 is 0 Å². The molecule has 1 aromatic rings. The van der Waals surface area contributed by atoms with Crippen molar-refractivity contribution in [2.45, 2.75) is 40.0 Å². The summed E-state index contributed by atoms with van der Waals surface area (Å²) in [5, 5.41) is 4.30. The predicted molar refractivity (Wildman–Crippen MR) is 75.9 cm³/mol. The Morgan fingerprint density at radius 1 is 1.42 bits per heavy atom. The highest BCUT2D eigenvalue weighted by Gasteiger charge is 2.29. The number of nitrogens with zero attached hydrogens (tertiary/aromatic N) is 2. The second kappa shape index (κ2) is 5.51. The van der Waals surface area contributed by atoms with Crippen LogP contribution in [0.5, 0.6) is 0 Å². The largest absolute Gasteiger partial charge is 0.271 e. The molecule has 0 aromatic carbocycles. The molecule has 4 heteroatoms. The van der Waals surface area contributed by atoms with E-state index in [1.807, 2.05) is 0 Å². The smallest absolute Gasteiger partial charge is 0.267 e. The maximum absolute atomic E-state index is 11.9. The van der Waals surface area contributed by atoms with Crippen LogP contribution < -0.4 is 5.43 Å². The van der Waals surface area contributed by atoms with E-state index in [2.05, 4.69) is 36.3 Å². The summed E-state index contributed by atoms with van der Waals surface area (Å²) in [6.07, 6.45) is 6.35. The van der Waals surface area contributed by atoms with E-state index in [9.17, 15) is 4.79 Å². The van der Waals surface area contributed by atoms with Gasteiger partial charge in [0.1, 0.15) is 0 Å². The Kier molecular flexibility index (Phi) is 3.98. The van der Waals surface area contributed by atoms with Crippen molar-refractivity contribution in [1.29, 1.82) is 0 Å². The first-order valence-corrected chi connectivity index (χ1v) is 6.72. The van der Waals surface area contributed by atoms with E-state index in [-0.39, 0.29) is 11.3 Å². The van der Waals surface area contributed by atoms with Gasteiger partial charge in [0.25, 0.3) is 5.91 Å². The summed E-state index contributed by atoms with van der Waals surface area (Å²) in [7, 11) is 0. The highest BCUT2D eigenvalue weighted by Crippen LogP contribution is 2.36. The summed E-state index contributed by atoms with van der Waals surface area (Å²) >= 11 is 0. The van der Waals surface area contributed by atoms with E-state index in [4.69, 9.17) is 0 Å². The lowest BCUT2D eigenvalue weighted by atomic mass is 9.72. The molecule has 0 spiro atoms. The van der Waals surface area contributed by atoms with E-state index in [1.54, 1.807) is 24.5 Å². The Bertz CT molecular complexity index is 479. The minimum atomic E-state index is -0.175. The number of carbonyl (C=O) groups is 1. The molecule has 1 aromatic heterocycles. The zero-order valence-electron chi connectivity index (χ0n) is 11.8. The number of nitrogens with one attached hydrogen (secondary N) is 1. The molecule has 1 atom stereocenters. The highest BCUT2D eigenvalue weighted by atomic mass is 16.2. The molecule has 2 rings (SSSR count). The van der Waals surface area contributed by atoms with Crippen molar-refractivity contribution >= 4 is 11.6 Å². The minimum absolute atomic E-state index is 0.175. The monoisotopic (exact) mass is 259 g/mol. The van der Waals surface area contributed by atoms with Crippen LogP contribution in [0.15, 0.2) is 29.6 Å². The second-order valence-corrected chi connectivity index (χ2v) is 6.21. The van der Waals surface area contributed by atoms with Crippen LogP contribution in [0.25, 0.3) is 0 Å². The molecule has 1 N–H and O–H groups in total. The molecule has 0 bridgehead atoms. The molecular weight excluding hydrogens is 238 g/mol. The standard InChI is InChI=1S/C15H21N3O/c1-11-8-13(10-15(2,3)9-11)17-18-14(19)12-4-6-16-7-5-12/h4-7,11H,8-10H2,1-3H3,(H,18,19)/b17-13-/t11-/m0/s1. The topological polar surface area (TPSA) is 54.4 Å². The summed E-state index contributed by atoms with van der Waals surface area (Å²) in [6.45, 7) is 6.74. The maximum atomic E-state index is 11.9. The number of rotatable bonds is 2. The molecule has 0 radical (unpaired) electrons. The van der Waals surface area contributed by atoms with Crippen molar-refractivity contribution in [3.05, 3.63) is 30.1 Å². The van der Waals surface area contributed by atoms with Gasteiger partial charge in [-0.25, -0.2) is 5.43 Å². The average Bonchev–Trinajstić information content (AvgIpc) is 2.34. The van der Waals surface area contributed by atoms with Gasteiger partial charge < -0.3 is 0 Å². The van der Waals surface area contributed by atoms with Crippen molar-refractivity contribution in [1.82, 2.24) is 10.4 Å². The maximum Gasteiger partial charge on any atom is 0.271 e. The van der Waals surface area contributed by atoms with Crippen LogP contribution in [-0.4, -0.2) is 16.6 Å². The predicted octanol–water partition coefficient (Wildman–Crippen LogP) is 3.01. The zero-order chi connectivity index (χ0) is 13.9. The molecule has 1 aliphatic carbocycles. The fourth-order valence-corrected chi connectivity index (χ4v) is 2.90. The molecule has 1 aliphatic rings. The van der Waals surface area contributed by atoms with Gasteiger partial charge in [0.15, 0.2) is 0 Å². The third-order valence-electron chi connectivity index (χ3n) is 3.43. The Morgan fingerprint density at radius 2 is 2.11 bits per heavy atom. The molecular formula is C15H21N3O. The first-order chi connectivity index (χ1) is 8.96. The molecule has 1 fully saturated rings. The molecule has 0 saturated heterocycles. The third kappa shape index (κ3) is 3.88. The number of carbonyl (C=O) groups excluding carboxylic acids is 1. The molecule has 102 valence electrons. The van der Waals surface area contributed by atoms with E-state index in [0.717, 1.165) is 18.6 Å². The summed E-state index contributed by atoms with van der Waals surface area (Å²) in [5.41, 5.74) is 4.60.